The molecule has 2 aromatic carbocycles. The SMILES string of the molecule is CN(C)c1ccc(C(=O)O[C@@H]2C=C[C@H]3C4C=CC(C4)[C@@H]23)cc1.C[N+](C)(C)c1ccc(C(=O)O[C@@H]2C=C[C@H]3C4C=CC(C4)[C@@H]23)cc1.[I-]. The molecule has 0 radical (unpaired) electrons. The summed E-state index contributed by atoms with van der Waals surface area (Å²) in [4.78, 5) is 26.9. The maximum absolute atomic E-state index is 12.5. The van der Waals surface area contributed by atoms with Crippen molar-refractivity contribution in [2.24, 2.45) is 47.3 Å². The van der Waals surface area contributed by atoms with E-state index >= 15 is 0 Å². The normalized spacial score (nSPS) is 33.2. The van der Waals surface area contributed by atoms with Gasteiger partial charge in [-0.25, -0.2) is 9.59 Å². The van der Waals surface area contributed by atoms with Gasteiger partial charge in [0.25, 0.3) is 0 Å². The predicted octanol–water partition coefficient (Wildman–Crippen LogP) is 3.71. The van der Waals surface area contributed by atoms with Gasteiger partial charge in [0.05, 0.1) is 32.3 Å². The summed E-state index contributed by atoms with van der Waals surface area (Å²) >= 11 is 0. The van der Waals surface area contributed by atoms with Crippen LogP contribution in [0.25, 0.3) is 0 Å². The third-order valence-corrected chi connectivity index (χ3v) is 11.0. The van der Waals surface area contributed by atoms with Crippen molar-refractivity contribution in [3.63, 3.8) is 0 Å². The van der Waals surface area contributed by atoms with Crippen LogP contribution in [0.15, 0.2) is 97.1 Å². The smallest absolute Gasteiger partial charge is 0.338 e. The fraction of sp³-hybridized carbons (Fsp3) is 0.436. The van der Waals surface area contributed by atoms with Crippen molar-refractivity contribution in [3.8, 4) is 0 Å². The van der Waals surface area contributed by atoms with E-state index < -0.39 is 0 Å². The Morgan fingerprint density at radius 1 is 0.609 bits per heavy atom. The Labute approximate surface area is 290 Å². The third kappa shape index (κ3) is 6.13. The molecule has 2 aromatic rings. The maximum atomic E-state index is 12.5. The van der Waals surface area contributed by atoms with E-state index in [0.29, 0.717) is 58.5 Å². The second-order valence-corrected chi connectivity index (χ2v) is 14.7. The molecule has 0 aliphatic heterocycles. The second-order valence-electron chi connectivity index (χ2n) is 14.7. The highest BCUT2D eigenvalue weighted by atomic mass is 127. The number of esters is 2. The molecule has 46 heavy (non-hydrogen) atoms. The van der Waals surface area contributed by atoms with E-state index in [0.717, 1.165) is 10.2 Å². The van der Waals surface area contributed by atoms with Crippen LogP contribution in [-0.4, -0.2) is 59.4 Å². The Bertz CT molecular complexity index is 1570. The number of halogens is 1. The number of rotatable bonds is 6. The number of quaternary nitrogens is 1. The van der Waals surface area contributed by atoms with Gasteiger partial charge in [0.1, 0.15) is 17.9 Å². The fourth-order valence-electron chi connectivity index (χ4n) is 8.56. The van der Waals surface area contributed by atoms with E-state index in [1.165, 1.54) is 18.5 Å². The van der Waals surface area contributed by atoms with Crippen molar-refractivity contribution in [2.75, 3.05) is 40.1 Å². The lowest BCUT2D eigenvalue weighted by Gasteiger charge is -2.26. The molecule has 8 rings (SSSR count). The molecule has 0 N–H and O–H groups in total. The first-order valence-corrected chi connectivity index (χ1v) is 16.4. The van der Waals surface area contributed by atoms with E-state index in [-0.39, 0.29) is 48.1 Å². The highest BCUT2D eigenvalue weighted by Gasteiger charge is 2.51. The summed E-state index contributed by atoms with van der Waals surface area (Å²) in [5, 5.41) is 0. The molecule has 0 aromatic heterocycles. The second kappa shape index (κ2) is 12.8. The summed E-state index contributed by atoms with van der Waals surface area (Å²) < 4.78 is 12.4. The first-order chi connectivity index (χ1) is 21.6. The third-order valence-electron chi connectivity index (χ3n) is 11.0. The highest BCUT2D eigenvalue weighted by Crippen LogP contribution is 2.54. The molecule has 4 bridgehead atoms. The lowest BCUT2D eigenvalue weighted by molar-refractivity contribution is -0.0000791. The molecule has 242 valence electrons. The van der Waals surface area contributed by atoms with Crippen LogP contribution in [0.5, 0.6) is 0 Å². The molecule has 4 unspecified atom stereocenters. The Morgan fingerprint density at radius 2 is 1.02 bits per heavy atom. The van der Waals surface area contributed by atoms with Gasteiger partial charge < -0.3 is 38.4 Å². The largest absolute Gasteiger partial charge is 1.00 e. The first-order valence-electron chi connectivity index (χ1n) is 16.4. The monoisotopic (exact) mass is 732 g/mol. The molecule has 6 nitrogen and oxygen atoms in total. The first kappa shape index (κ1) is 32.8. The Balaban J connectivity index is 0.000000158. The summed E-state index contributed by atoms with van der Waals surface area (Å²) in [6.07, 6.45) is 20.3. The van der Waals surface area contributed by atoms with Crippen molar-refractivity contribution >= 4 is 23.3 Å². The van der Waals surface area contributed by atoms with Crippen LogP contribution in [0.3, 0.4) is 0 Å². The minimum Gasteiger partial charge on any atom is -1.00 e. The predicted molar refractivity (Wildman–Crippen MR) is 179 cm³/mol. The van der Waals surface area contributed by atoms with Crippen LogP contribution in [0.2, 0.25) is 0 Å². The Kier molecular flexibility index (Phi) is 9.11. The molecular formula is C39H45IN2O4. The van der Waals surface area contributed by atoms with E-state index in [9.17, 15) is 9.59 Å². The minimum atomic E-state index is -0.215. The number of benzene rings is 2. The zero-order chi connectivity index (χ0) is 31.5. The summed E-state index contributed by atoms with van der Waals surface area (Å²) in [6.45, 7) is 0. The van der Waals surface area contributed by atoms with Gasteiger partial charge in [-0.3, -0.25) is 4.48 Å². The number of hydrogen-bond acceptors (Lipinski definition) is 5. The van der Waals surface area contributed by atoms with Gasteiger partial charge in [-0.05, 0) is 109 Å². The number of hydrogen-bond donors (Lipinski definition) is 0. The van der Waals surface area contributed by atoms with Crippen molar-refractivity contribution in [2.45, 2.75) is 25.0 Å². The molecule has 6 aliphatic carbocycles. The van der Waals surface area contributed by atoms with Gasteiger partial charge in [0, 0.05) is 31.6 Å². The van der Waals surface area contributed by atoms with Crippen LogP contribution in [0.1, 0.15) is 33.6 Å². The van der Waals surface area contributed by atoms with E-state index in [1.54, 1.807) is 0 Å². The van der Waals surface area contributed by atoms with Crippen molar-refractivity contribution in [1.29, 1.82) is 0 Å². The highest BCUT2D eigenvalue weighted by molar-refractivity contribution is 5.90. The minimum absolute atomic E-state index is 0. The molecule has 0 amide bonds. The zero-order valence-corrected chi connectivity index (χ0v) is 29.5. The van der Waals surface area contributed by atoms with Gasteiger partial charge in [0.2, 0.25) is 0 Å². The quantitative estimate of drug-likeness (QED) is 0.197. The summed E-state index contributed by atoms with van der Waals surface area (Å²) in [5.74, 6) is 4.12. The number of ether oxygens (including phenoxy) is 2. The van der Waals surface area contributed by atoms with E-state index in [2.05, 4.69) is 69.8 Å². The van der Waals surface area contributed by atoms with E-state index in [1.807, 2.05) is 67.5 Å². The summed E-state index contributed by atoms with van der Waals surface area (Å²) in [7, 11) is 10.3. The van der Waals surface area contributed by atoms with E-state index in [4.69, 9.17) is 9.47 Å². The average molecular weight is 733 g/mol. The van der Waals surface area contributed by atoms with Crippen molar-refractivity contribution in [1.82, 2.24) is 4.48 Å². The van der Waals surface area contributed by atoms with Gasteiger partial charge >= 0.3 is 11.9 Å². The fourth-order valence-corrected chi connectivity index (χ4v) is 8.56. The van der Waals surface area contributed by atoms with Crippen LogP contribution in [-0.2, 0) is 9.47 Å². The Morgan fingerprint density at radius 3 is 1.43 bits per heavy atom. The zero-order valence-electron chi connectivity index (χ0n) is 27.3. The summed E-state index contributed by atoms with van der Waals surface area (Å²) in [6, 6.07) is 15.3. The number of nitrogens with zero attached hydrogens (tertiary/aromatic N) is 2. The number of carbonyl (C=O) groups excluding carboxylic acids is 2. The van der Waals surface area contributed by atoms with Crippen molar-refractivity contribution < 1.29 is 43.0 Å². The maximum Gasteiger partial charge on any atom is 0.338 e. The van der Waals surface area contributed by atoms with Gasteiger partial charge in [-0.2, -0.15) is 0 Å². The lowest BCUT2D eigenvalue weighted by atomic mass is 9.84. The molecule has 10 atom stereocenters. The number of allylic oxidation sites excluding steroid dienone is 6. The molecule has 2 saturated carbocycles. The average Bonchev–Trinajstić information content (AvgIpc) is 3.86. The van der Waals surface area contributed by atoms with Gasteiger partial charge in [-0.1, -0.05) is 36.5 Å². The topological polar surface area (TPSA) is 55.8 Å². The molecule has 6 aliphatic rings. The van der Waals surface area contributed by atoms with Crippen LogP contribution >= 0.6 is 0 Å². The summed E-state index contributed by atoms with van der Waals surface area (Å²) in [5.41, 5.74) is 3.51. The molecule has 0 heterocycles. The van der Waals surface area contributed by atoms with Crippen LogP contribution in [0, 0.1) is 47.3 Å². The molecule has 0 saturated heterocycles. The molecule has 7 heteroatoms. The van der Waals surface area contributed by atoms with Crippen LogP contribution < -0.4 is 33.4 Å². The number of carbonyl (C=O) groups is 2. The Hall–Kier alpha value is -3.17. The molecular weight excluding hydrogens is 687 g/mol. The van der Waals surface area contributed by atoms with Gasteiger partial charge in [0.15, 0.2) is 0 Å². The number of fused-ring (bicyclic) bond motifs is 10. The molecule has 0 spiro atoms. The lowest BCUT2D eigenvalue weighted by Crippen LogP contribution is -3.00. The number of anilines is 1. The standard InChI is InChI=1S/C20H24NO2.C19H21NO2.HI/c1-21(2,3)16-8-6-13(7-9-16)20(22)23-18-11-10-17-14-4-5-15(12-14)19(17)18;1-20(2)15-7-5-12(6-8-15)19(21)22-17-10-9-16-13-3-4-14(11-13)18(16)17;/h4-11,14-15,17-19H,12H2,1-3H3;3-10,13-14,16-18H,11H2,1-2H3;1H/q+1;;/p-1/t14?,15?,17-,18+,19+;13?,14?,16-,17+,18+;/m00./s1. The van der Waals surface area contributed by atoms with Gasteiger partial charge in [-0.15, -0.1) is 0 Å². The van der Waals surface area contributed by atoms with Crippen LogP contribution in [0.4, 0.5) is 11.4 Å². The van der Waals surface area contributed by atoms with Crippen molar-refractivity contribution in [3.05, 3.63) is 108 Å². The molecule has 2 fully saturated rings.